The number of allylic oxidation sites excluding steroid dienone is 1. The highest BCUT2D eigenvalue weighted by Gasteiger charge is 2.31. The number of esters is 1. The zero-order valence-electron chi connectivity index (χ0n) is 17.1. The minimum Gasteiger partial charge on any atom is -0.465 e. The summed E-state index contributed by atoms with van der Waals surface area (Å²) < 4.78 is 4.71. The van der Waals surface area contributed by atoms with Crippen LogP contribution >= 0.6 is 11.8 Å². The fraction of sp³-hybridized carbons (Fsp3) is 0.455. The zero-order chi connectivity index (χ0) is 21.7. The summed E-state index contributed by atoms with van der Waals surface area (Å²) in [7, 11) is 1.31. The summed E-state index contributed by atoms with van der Waals surface area (Å²) in [6, 6.07) is 9.14. The molecule has 2 aliphatic rings. The lowest BCUT2D eigenvalue weighted by Gasteiger charge is -2.33. The Hall–Kier alpha value is -2.79. The first-order valence-corrected chi connectivity index (χ1v) is 11.0. The van der Waals surface area contributed by atoms with Crippen molar-refractivity contribution in [1.29, 1.82) is 5.26 Å². The van der Waals surface area contributed by atoms with Gasteiger partial charge < -0.3 is 15.0 Å². The quantitative estimate of drug-likeness (QED) is 0.726. The molecule has 158 valence electrons. The lowest BCUT2D eigenvalue weighted by Crippen LogP contribution is -2.43. The van der Waals surface area contributed by atoms with Gasteiger partial charge in [-0.1, -0.05) is 23.9 Å². The number of benzene rings is 1. The topological polar surface area (TPSA) is 99.5 Å². The second-order valence-electron chi connectivity index (χ2n) is 7.49. The number of carbonyl (C=O) groups excluding carboxylic acids is 3. The number of thioether (sulfide) groups is 1. The Bertz CT molecular complexity index is 904. The molecule has 2 atom stereocenters. The molecule has 2 heterocycles. The van der Waals surface area contributed by atoms with Crippen LogP contribution in [-0.4, -0.2) is 48.1 Å². The van der Waals surface area contributed by atoms with Gasteiger partial charge in [0.15, 0.2) is 0 Å². The first-order valence-electron chi connectivity index (χ1n) is 9.99. The van der Waals surface area contributed by atoms with Crippen molar-refractivity contribution in [3.8, 4) is 6.07 Å². The first kappa shape index (κ1) is 21.9. The van der Waals surface area contributed by atoms with Gasteiger partial charge in [0.25, 0.3) is 0 Å². The summed E-state index contributed by atoms with van der Waals surface area (Å²) in [5.41, 5.74) is 1.60. The van der Waals surface area contributed by atoms with Gasteiger partial charge in [0.05, 0.1) is 35.1 Å². The van der Waals surface area contributed by atoms with E-state index < -0.39 is 11.9 Å². The highest BCUT2D eigenvalue weighted by atomic mass is 32.2. The number of nitrogens with one attached hydrogen (secondary N) is 1. The van der Waals surface area contributed by atoms with Gasteiger partial charge in [-0.3, -0.25) is 9.59 Å². The van der Waals surface area contributed by atoms with Crippen LogP contribution in [0.2, 0.25) is 0 Å². The van der Waals surface area contributed by atoms with E-state index >= 15 is 0 Å². The molecule has 3 rings (SSSR count). The van der Waals surface area contributed by atoms with Crippen LogP contribution in [0.1, 0.15) is 54.4 Å². The minimum atomic E-state index is -0.444. The fourth-order valence-electron chi connectivity index (χ4n) is 3.87. The number of nitriles is 1. The van der Waals surface area contributed by atoms with Gasteiger partial charge in [-0.15, -0.1) is 0 Å². The highest BCUT2D eigenvalue weighted by Crippen LogP contribution is 2.36. The number of nitrogens with zero attached hydrogens (tertiary/aromatic N) is 2. The van der Waals surface area contributed by atoms with Crippen molar-refractivity contribution in [3.63, 3.8) is 0 Å². The van der Waals surface area contributed by atoms with E-state index in [4.69, 9.17) is 4.74 Å². The number of hydrogen-bond acceptors (Lipinski definition) is 6. The van der Waals surface area contributed by atoms with Gasteiger partial charge >= 0.3 is 5.97 Å². The van der Waals surface area contributed by atoms with Crippen LogP contribution in [0.15, 0.2) is 34.9 Å². The van der Waals surface area contributed by atoms with Gasteiger partial charge in [0.2, 0.25) is 11.8 Å². The molecule has 0 aliphatic carbocycles. The second kappa shape index (κ2) is 9.81. The number of carbonyl (C=O) groups is 3. The van der Waals surface area contributed by atoms with E-state index in [0.717, 1.165) is 31.4 Å². The maximum Gasteiger partial charge on any atom is 0.337 e. The van der Waals surface area contributed by atoms with Crippen molar-refractivity contribution in [2.45, 2.75) is 44.6 Å². The number of amides is 2. The van der Waals surface area contributed by atoms with Crippen molar-refractivity contribution in [3.05, 3.63) is 46.0 Å². The molecule has 30 heavy (non-hydrogen) atoms. The van der Waals surface area contributed by atoms with Crippen molar-refractivity contribution in [2.75, 3.05) is 19.4 Å². The second-order valence-corrected chi connectivity index (χ2v) is 8.48. The monoisotopic (exact) mass is 427 g/mol. The Morgan fingerprint density at radius 1 is 1.30 bits per heavy atom. The smallest absolute Gasteiger partial charge is 0.337 e. The van der Waals surface area contributed by atoms with Crippen LogP contribution in [0.3, 0.4) is 0 Å². The van der Waals surface area contributed by atoms with E-state index in [1.165, 1.54) is 18.9 Å². The molecule has 0 saturated carbocycles. The minimum absolute atomic E-state index is 0.0239. The number of piperidine rings is 1. The van der Waals surface area contributed by atoms with Gasteiger partial charge in [-0.05, 0) is 43.9 Å². The number of ether oxygens (including phenoxy) is 1. The van der Waals surface area contributed by atoms with E-state index in [2.05, 4.69) is 18.3 Å². The van der Waals surface area contributed by atoms with Crippen LogP contribution in [0.25, 0.3) is 0 Å². The molecule has 2 aliphatic heterocycles. The molecule has 0 bridgehead atoms. The summed E-state index contributed by atoms with van der Waals surface area (Å²) in [5, 5.41) is 13.0. The number of methoxy groups -OCH3 is 1. The number of likely N-dealkylation sites (tertiary alicyclic amines) is 1. The average molecular weight is 428 g/mol. The predicted octanol–water partition coefficient (Wildman–Crippen LogP) is 2.95. The molecule has 1 saturated heterocycles. The molecular formula is C22H25N3O4S. The SMILES string of the molecule is COC(=O)c1ccc([C@@H]2CC(=O)NC(SCC(=O)N3CCCC[C@@H]3C)=C2C#N)cc1. The third-order valence-corrected chi connectivity index (χ3v) is 6.56. The van der Waals surface area contributed by atoms with E-state index in [9.17, 15) is 19.6 Å². The van der Waals surface area contributed by atoms with E-state index in [-0.39, 0.29) is 30.0 Å². The van der Waals surface area contributed by atoms with Crippen LogP contribution < -0.4 is 5.32 Å². The van der Waals surface area contributed by atoms with Crippen LogP contribution in [-0.2, 0) is 14.3 Å². The summed E-state index contributed by atoms with van der Waals surface area (Å²) in [6.07, 6.45) is 3.28. The van der Waals surface area contributed by atoms with Crippen LogP contribution in [0.5, 0.6) is 0 Å². The molecule has 7 nitrogen and oxygen atoms in total. The number of hydrogen-bond donors (Lipinski definition) is 1. The summed E-state index contributed by atoms with van der Waals surface area (Å²) >= 11 is 1.21. The maximum absolute atomic E-state index is 12.7. The first-order chi connectivity index (χ1) is 14.4. The van der Waals surface area contributed by atoms with Crippen LogP contribution in [0.4, 0.5) is 0 Å². The third kappa shape index (κ3) is 4.85. The molecule has 0 unspecified atom stereocenters. The van der Waals surface area contributed by atoms with Crippen molar-refractivity contribution < 1.29 is 19.1 Å². The van der Waals surface area contributed by atoms with Crippen molar-refractivity contribution in [1.82, 2.24) is 10.2 Å². The largest absolute Gasteiger partial charge is 0.465 e. The van der Waals surface area contributed by atoms with Gasteiger partial charge in [-0.2, -0.15) is 5.26 Å². The predicted molar refractivity (Wildman–Crippen MR) is 113 cm³/mol. The standard InChI is InChI=1S/C22H25N3O4S/c1-14-5-3-4-10-25(14)20(27)13-30-21-18(12-23)17(11-19(26)24-21)15-6-8-16(9-7-15)22(28)29-2/h6-9,14,17H,3-5,10-11,13H2,1-2H3,(H,24,26)/t14-,17-/m0/s1. The number of rotatable bonds is 5. The summed E-state index contributed by atoms with van der Waals surface area (Å²) in [5.74, 6) is -0.852. The molecule has 0 spiro atoms. The molecule has 8 heteroatoms. The molecule has 1 N–H and O–H groups in total. The lowest BCUT2D eigenvalue weighted by atomic mass is 9.87. The van der Waals surface area contributed by atoms with Gasteiger partial charge in [0.1, 0.15) is 0 Å². The molecule has 1 fully saturated rings. The van der Waals surface area contributed by atoms with Gasteiger partial charge in [0, 0.05) is 24.9 Å². The Kier molecular flexibility index (Phi) is 7.16. The maximum atomic E-state index is 12.7. The molecule has 1 aromatic carbocycles. The van der Waals surface area contributed by atoms with Crippen molar-refractivity contribution >= 4 is 29.5 Å². The Balaban J connectivity index is 1.78. The summed E-state index contributed by atoms with van der Waals surface area (Å²) in [4.78, 5) is 38.5. The van der Waals surface area contributed by atoms with Crippen molar-refractivity contribution in [2.24, 2.45) is 0 Å². The third-order valence-electron chi connectivity index (χ3n) is 5.55. The van der Waals surface area contributed by atoms with E-state index in [0.29, 0.717) is 16.2 Å². The molecule has 0 radical (unpaired) electrons. The average Bonchev–Trinajstić information content (AvgIpc) is 2.77. The lowest BCUT2D eigenvalue weighted by molar-refractivity contribution is -0.131. The zero-order valence-corrected chi connectivity index (χ0v) is 18.0. The Labute approximate surface area is 180 Å². The molecular weight excluding hydrogens is 402 g/mol. The Morgan fingerprint density at radius 2 is 2.03 bits per heavy atom. The van der Waals surface area contributed by atoms with E-state index in [1.54, 1.807) is 24.3 Å². The molecule has 1 aromatic rings. The van der Waals surface area contributed by atoms with Crippen LogP contribution in [0, 0.1) is 11.3 Å². The normalized spacial score (nSPS) is 21.6. The van der Waals surface area contributed by atoms with Gasteiger partial charge in [-0.25, -0.2) is 4.79 Å². The summed E-state index contributed by atoms with van der Waals surface area (Å²) in [6.45, 7) is 2.81. The molecule has 2 amide bonds. The molecule has 0 aromatic heterocycles. The van der Waals surface area contributed by atoms with E-state index in [1.807, 2.05) is 4.90 Å². The highest BCUT2D eigenvalue weighted by molar-refractivity contribution is 8.03. The Morgan fingerprint density at radius 3 is 2.67 bits per heavy atom. The fourth-order valence-corrected chi connectivity index (χ4v) is 4.84.